The molecule has 0 aliphatic rings. The van der Waals surface area contributed by atoms with Crippen LogP contribution in [0, 0.1) is 6.92 Å². The number of rotatable bonds is 3. The number of nitrogen functional groups attached to an aromatic ring is 1. The van der Waals surface area contributed by atoms with Crippen molar-refractivity contribution in [2.24, 2.45) is 0 Å². The summed E-state index contributed by atoms with van der Waals surface area (Å²) in [6.07, 6.45) is 1.44. The van der Waals surface area contributed by atoms with Crippen molar-refractivity contribution in [1.29, 1.82) is 0 Å². The number of phenolic OH excluding ortho intramolecular Hbond substituents is 1. The molecule has 0 atom stereocenters. The molecule has 0 fully saturated rings. The van der Waals surface area contributed by atoms with E-state index in [4.69, 9.17) is 10.8 Å². The summed E-state index contributed by atoms with van der Waals surface area (Å²) in [7, 11) is 0. The van der Waals surface area contributed by atoms with Crippen LogP contribution in [0.4, 0.5) is 5.82 Å². The summed E-state index contributed by atoms with van der Waals surface area (Å²) in [5, 5.41) is 15.2. The van der Waals surface area contributed by atoms with Crippen LogP contribution >= 0.6 is 0 Å². The van der Waals surface area contributed by atoms with Gasteiger partial charge < -0.3 is 10.8 Å². The Kier molecular flexibility index (Phi) is 3.57. The zero-order valence-corrected chi connectivity index (χ0v) is 13.7. The fraction of sp³-hybridized carbons (Fsp3) is 0.105. The van der Waals surface area contributed by atoms with Gasteiger partial charge in [-0.15, -0.1) is 0 Å². The first kappa shape index (κ1) is 15.1. The van der Waals surface area contributed by atoms with Crippen LogP contribution in [-0.4, -0.2) is 24.9 Å². The molecular formula is C19H17N5O. The first-order valence-corrected chi connectivity index (χ1v) is 7.94. The fourth-order valence-corrected chi connectivity index (χ4v) is 2.94. The molecule has 4 rings (SSSR count). The smallest absolute Gasteiger partial charge is 0.164 e. The van der Waals surface area contributed by atoms with E-state index in [9.17, 15) is 5.11 Å². The van der Waals surface area contributed by atoms with E-state index in [1.165, 1.54) is 11.9 Å². The number of hydrogen-bond donors (Lipinski definition) is 2. The van der Waals surface area contributed by atoms with Gasteiger partial charge in [-0.2, -0.15) is 5.10 Å². The van der Waals surface area contributed by atoms with Gasteiger partial charge >= 0.3 is 0 Å². The topological polar surface area (TPSA) is 89.8 Å². The van der Waals surface area contributed by atoms with Crippen LogP contribution in [0.5, 0.6) is 5.75 Å². The Bertz CT molecular complexity index is 1070. The molecule has 0 bridgehead atoms. The van der Waals surface area contributed by atoms with Crippen molar-refractivity contribution in [2.75, 3.05) is 5.73 Å². The molecule has 6 heteroatoms. The Morgan fingerprint density at radius 1 is 1.08 bits per heavy atom. The van der Waals surface area contributed by atoms with Crippen LogP contribution in [0.15, 0.2) is 54.9 Å². The van der Waals surface area contributed by atoms with Crippen molar-refractivity contribution < 1.29 is 5.11 Å². The summed E-state index contributed by atoms with van der Waals surface area (Å²) in [6, 6.07) is 15.1. The highest BCUT2D eigenvalue weighted by atomic mass is 16.3. The molecule has 0 radical (unpaired) electrons. The average Bonchev–Trinajstić information content (AvgIpc) is 2.97. The van der Waals surface area contributed by atoms with Gasteiger partial charge in [0.15, 0.2) is 5.65 Å². The summed E-state index contributed by atoms with van der Waals surface area (Å²) < 4.78 is 1.83. The maximum Gasteiger partial charge on any atom is 0.164 e. The summed E-state index contributed by atoms with van der Waals surface area (Å²) >= 11 is 0. The average molecular weight is 331 g/mol. The second-order valence-corrected chi connectivity index (χ2v) is 5.94. The number of nitrogens with zero attached hydrogens (tertiary/aromatic N) is 4. The largest absolute Gasteiger partial charge is 0.508 e. The van der Waals surface area contributed by atoms with Gasteiger partial charge in [0, 0.05) is 5.56 Å². The van der Waals surface area contributed by atoms with Crippen LogP contribution in [-0.2, 0) is 6.54 Å². The van der Waals surface area contributed by atoms with Crippen LogP contribution < -0.4 is 5.73 Å². The maximum atomic E-state index is 9.80. The second-order valence-electron chi connectivity index (χ2n) is 5.94. The molecule has 0 saturated carbocycles. The predicted molar refractivity (Wildman–Crippen MR) is 97.1 cm³/mol. The number of nitrogens with two attached hydrogens (primary N) is 1. The van der Waals surface area contributed by atoms with E-state index < -0.39 is 0 Å². The Labute approximate surface area is 144 Å². The lowest BCUT2D eigenvalue weighted by Crippen LogP contribution is -2.04. The zero-order valence-electron chi connectivity index (χ0n) is 13.7. The number of aryl methyl sites for hydroxylation is 1. The van der Waals surface area contributed by atoms with Gasteiger partial charge in [0.2, 0.25) is 0 Å². The monoisotopic (exact) mass is 331 g/mol. The van der Waals surface area contributed by atoms with E-state index in [1.54, 1.807) is 18.2 Å². The van der Waals surface area contributed by atoms with Crippen LogP contribution in [0.3, 0.4) is 0 Å². The molecular weight excluding hydrogens is 314 g/mol. The second kappa shape index (κ2) is 5.90. The summed E-state index contributed by atoms with van der Waals surface area (Å²) in [5.41, 5.74) is 10.6. The van der Waals surface area contributed by atoms with Crippen molar-refractivity contribution in [1.82, 2.24) is 19.7 Å². The lowest BCUT2D eigenvalue weighted by molar-refractivity contribution is 0.475. The number of phenols is 1. The quantitative estimate of drug-likeness (QED) is 0.602. The van der Waals surface area contributed by atoms with Gasteiger partial charge in [0.05, 0.1) is 11.9 Å². The van der Waals surface area contributed by atoms with Crippen LogP contribution in [0.25, 0.3) is 22.3 Å². The summed E-state index contributed by atoms with van der Waals surface area (Å²) in [4.78, 5) is 8.49. The van der Waals surface area contributed by atoms with E-state index >= 15 is 0 Å². The molecule has 0 unspecified atom stereocenters. The Hall–Kier alpha value is -3.41. The van der Waals surface area contributed by atoms with Gasteiger partial charge in [0.1, 0.15) is 23.6 Å². The highest BCUT2D eigenvalue weighted by molar-refractivity contribution is 5.98. The molecule has 0 saturated heterocycles. The minimum absolute atomic E-state index is 0.175. The SMILES string of the molecule is Cc1ccccc1Cn1nc(-c2cccc(O)c2)c2c(N)ncnc21. The van der Waals surface area contributed by atoms with Crippen molar-refractivity contribution >= 4 is 16.9 Å². The molecule has 0 amide bonds. The van der Waals surface area contributed by atoms with Gasteiger partial charge in [-0.1, -0.05) is 36.4 Å². The minimum atomic E-state index is 0.175. The van der Waals surface area contributed by atoms with Crippen molar-refractivity contribution in [3.8, 4) is 17.0 Å². The van der Waals surface area contributed by atoms with Gasteiger partial charge in [0.25, 0.3) is 0 Å². The van der Waals surface area contributed by atoms with E-state index in [-0.39, 0.29) is 5.75 Å². The Morgan fingerprint density at radius 3 is 2.72 bits per heavy atom. The lowest BCUT2D eigenvalue weighted by atomic mass is 10.1. The first-order chi connectivity index (χ1) is 12.1. The number of aromatic nitrogens is 4. The van der Waals surface area contributed by atoms with Gasteiger partial charge in [-0.3, -0.25) is 0 Å². The number of anilines is 1. The molecule has 6 nitrogen and oxygen atoms in total. The molecule has 2 aromatic carbocycles. The van der Waals surface area contributed by atoms with Gasteiger partial charge in [-0.05, 0) is 30.2 Å². The van der Waals surface area contributed by atoms with Crippen LogP contribution in [0.2, 0.25) is 0 Å². The molecule has 25 heavy (non-hydrogen) atoms. The van der Waals surface area contributed by atoms with Gasteiger partial charge in [-0.25, -0.2) is 14.6 Å². The minimum Gasteiger partial charge on any atom is -0.508 e. The number of benzene rings is 2. The first-order valence-electron chi connectivity index (χ1n) is 7.94. The predicted octanol–water partition coefficient (Wildman–Crippen LogP) is 3.14. The normalized spacial score (nSPS) is 11.1. The molecule has 2 heterocycles. The summed E-state index contributed by atoms with van der Waals surface area (Å²) in [5.74, 6) is 0.550. The highest BCUT2D eigenvalue weighted by Gasteiger charge is 2.17. The molecule has 0 aliphatic carbocycles. The third kappa shape index (κ3) is 2.67. The lowest BCUT2D eigenvalue weighted by Gasteiger charge is -2.06. The maximum absolute atomic E-state index is 9.80. The molecule has 124 valence electrons. The molecule has 2 aromatic heterocycles. The number of aromatic hydroxyl groups is 1. The van der Waals surface area contributed by atoms with E-state index in [0.29, 0.717) is 29.1 Å². The third-order valence-electron chi connectivity index (χ3n) is 4.26. The molecule has 3 N–H and O–H groups in total. The highest BCUT2D eigenvalue weighted by Crippen LogP contribution is 2.31. The zero-order chi connectivity index (χ0) is 17.4. The third-order valence-corrected chi connectivity index (χ3v) is 4.26. The van der Waals surface area contributed by atoms with Crippen molar-refractivity contribution in [3.63, 3.8) is 0 Å². The molecule has 4 aromatic rings. The Morgan fingerprint density at radius 2 is 1.92 bits per heavy atom. The van der Waals surface area contributed by atoms with Crippen molar-refractivity contribution in [3.05, 3.63) is 66.0 Å². The van der Waals surface area contributed by atoms with Crippen molar-refractivity contribution in [2.45, 2.75) is 13.5 Å². The van der Waals surface area contributed by atoms with E-state index in [0.717, 1.165) is 11.1 Å². The van der Waals surface area contributed by atoms with E-state index in [2.05, 4.69) is 29.0 Å². The van der Waals surface area contributed by atoms with E-state index in [1.807, 2.05) is 22.9 Å². The Balaban J connectivity index is 1.92. The fourth-order valence-electron chi connectivity index (χ4n) is 2.94. The standard InChI is InChI=1S/C19H17N5O/c1-12-5-2-3-6-14(12)10-24-19-16(18(20)21-11-22-19)17(23-24)13-7-4-8-15(25)9-13/h2-9,11,25H,10H2,1H3,(H2,20,21,22). The van der Waals surface area contributed by atoms with Crippen LogP contribution in [0.1, 0.15) is 11.1 Å². The number of hydrogen-bond acceptors (Lipinski definition) is 5. The summed E-state index contributed by atoms with van der Waals surface area (Å²) in [6.45, 7) is 2.65. The molecule has 0 spiro atoms. The molecule has 0 aliphatic heterocycles. The number of fused-ring (bicyclic) bond motifs is 1.